The van der Waals surface area contributed by atoms with Crippen molar-refractivity contribution < 1.29 is 23.9 Å². The van der Waals surface area contributed by atoms with Crippen LogP contribution in [-0.4, -0.2) is 60.0 Å². The Kier molecular flexibility index (Phi) is 5.55. The Labute approximate surface area is 157 Å². The number of esters is 1. The minimum atomic E-state index is -0.859. The zero-order valence-electron chi connectivity index (χ0n) is 15.5. The summed E-state index contributed by atoms with van der Waals surface area (Å²) >= 11 is 0. The predicted molar refractivity (Wildman–Crippen MR) is 96.7 cm³/mol. The Hall–Kier alpha value is -2.74. The van der Waals surface area contributed by atoms with Gasteiger partial charge < -0.3 is 4.74 Å². The first-order valence-corrected chi connectivity index (χ1v) is 9.08. The molecular weight excluding hydrogens is 350 g/mol. The highest BCUT2D eigenvalue weighted by atomic mass is 16.5. The number of benzene rings is 1. The van der Waals surface area contributed by atoms with Gasteiger partial charge in [0.1, 0.15) is 0 Å². The maximum Gasteiger partial charge on any atom is 0.340 e. The fourth-order valence-corrected chi connectivity index (χ4v) is 3.39. The largest absolute Gasteiger partial charge is 0.466 e. The van der Waals surface area contributed by atoms with Gasteiger partial charge in [0.2, 0.25) is 0 Å². The quantitative estimate of drug-likeness (QED) is 0.442. The van der Waals surface area contributed by atoms with Gasteiger partial charge in [0.25, 0.3) is 0 Å². The van der Waals surface area contributed by atoms with E-state index in [1.807, 2.05) is 11.8 Å². The number of urea groups is 1. The number of piperidine rings is 1. The highest BCUT2D eigenvalue weighted by molar-refractivity contribution is 6.52. The molecule has 1 atom stereocenters. The lowest BCUT2D eigenvalue weighted by Gasteiger charge is -2.33. The fraction of sp³-hybridized carbons (Fsp3) is 0.474. The molecule has 27 heavy (non-hydrogen) atoms. The molecule has 0 saturated carbocycles. The Morgan fingerprint density at radius 1 is 1.15 bits per heavy atom. The van der Waals surface area contributed by atoms with Crippen molar-refractivity contribution in [1.29, 1.82) is 0 Å². The number of nitrogens with zero attached hydrogens (tertiary/aromatic N) is 3. The fourth-order valence-electron chi connectivity index (χ4n) is 3.39. The minimum Gasteiger partial charge on any atom is -0.466 e. The highest BCUT2D eigenvalue weighted by Crippen LogP contribution is 2.24. The van der Waals surface area contributed by atoms with Gasteiger partial charge in [0.05, 0.1) is 24.9 Å². The highest BCUT2D eigenvalue weighted by Gasteiger charge is 2.46. The van der Waals surface area contributed by atoms with Gasteiger partial charge in [-0.15, -0.1) is 0 Å². The van der Waals surface area contributed by atoms with Gasteiger partial charge in [-0.05, 0) is 45.4 Å². The number of carbonyl (C=O) groups excluding carboxylic acids is 4. The van der Waals surface area contributed by atoms with Crippen molar-refractivity contribution in [1.82, 2.24) is 9.80 Å². The summed E-state index contributed by atoms with van der Waals surface area (Å²) in [6.07, 6.45) is 1.47. The lowest BCUT2D eigenvalue weighted by Crippen LogP contribution is -2.47. The molecule has 2 heterocycles. The molecule has 0 radical (unpaired) electrons. The summed E-state index contributed by atoms with van der Waals surface area (Å²) in [5.41, 5.74) is 1.36. The second kappa shape index (κ2) is 7.87. The molecule has 0 aromatic heterocycles. The molecule has 8 heteroatoms. The van der Waals surface area contributed by atoms with Crippen LogP contribution in [0.2, 0.25) is 0 Å². The average Bonchev–Trinajstić information content (AvgIpc) is 2.87. The van der Waals surface area contributed by atoms with Crippen LogP contribution in [0.1, 0.15) is 25.3 Å². The topological polar surface area (TPSA) is 87.2 Å². The van der Waals surface area contributed by atoms with Crippen molar-refractivity contribution in [2.45, 2.75) is 26.7 Å². The van der Waals surface area contributed by atoms with E-state index in [2.05, 4.69) is 0 Å². The summed E-state index contributed by atoms with van der Waals surface area (Å²) in [5.74, 6) is -2.25. The van der Waals surface area contributed by atoms with E-state index in [0.717, 1.165) is 21.8 Å². The average molecular weight is 373 g/mol. The van der Waals surface area contributed by atoms with Crippen molar-refractivity contribution >= 4 is 29.5 Å². The number of aryl methyl sites for hydroxylation is 1. The van der Waals surface area contributed by atoms with Crippen LogP contribution in [-0.2, 0) is 19.1 Å². The van der Waals surface area contributed by atoms with Crippen molar-refractivity contribution in [3.63, 3.8) is 0 Å². The Morgan fingerprint density at radius 3 is 2.52 bits per heavy atom. The van der Waals surface area contributed by atoms with Gasteiger partial charge in [0.15, 0.2) is 0 Å². The number of rotatable bonds is 5. The summed E-state index contributed by atoms with van der Waals surface area (Å²) in [6.45, 7) is 5.00. The van der Waals surface area contributed by atoms with Crippen LogP contribution in [0.15, 0.2) is 24.3 Å². The lowest BCUT2D eigenvalue weighted by molar-refractivity contribution is -0.150. The standard InChI is InChI=1S/C19H23N3O5/c1-3-27-18(25)14-5-4-10-20(11-14)12-21-16(23)17(24)22(19(21)26)15-8-6-13(2)7-9-15/h6-9,14H,3-5,10-12H2,1-2H3/t14-/m0/s1. The van der Waals surface area contributed by atoms with E-state index < -0.39 is 17.8 Å². The maximum absolute atomic E-state index is 12.7. The third kappa shape index (κ3) is 3.85. The third-order valence-corrected chi connectivity index (χ3v) is 4.81. The van der Waals surface area contributed by atoms with Crippen LogP contribution in [0.25, 0.3) is 0 Å². The molecule has 1 aromatic rings. The van der Waals surface area contributed by atoms with Crippen LogP contribution in [0.3, 0.4) is 0 Å². The van der Waals surface area contributed by atoms with Crippen LogP contribution in [0.4, 0.5) is 10.5 Å². The van der Waals surface area contributed by atoms with Gasteiger partial charge in [-0.3, -0.25) is 19.3 Å². The molecule has 2 aliphatic heterocycles. The molecule has 8 nitrogen and oxygen atoms in total. The number of hydrogen-bond acceptors (Lipinski definition) is 6. The third-order valence-electron chi connectivity index (χ3n) is 4.81. The molecule has 0 aliphatic carbocycles. The van der Waals surface area contributed by atoms with E-state index in [1.54, 1.807) is 31.2 Å². The first-order chi connectivity index (χ1) is 12.9. The molecule has 0 N–H and O–H groups in total. The minimum absolute atomic E-state index is 0.0122. The van der Waals surface area contributed by atoms with E-state index >= 15 is 0 Å². The summed E-state index contributed by atoms with van der Waals surface area (Å²) in [7, 11) is 0. The predicted octanol–water partition coefficient (Wildman–Crippen LogP) is 1.52. The molecule has 4 amide bonds. The molecule has 0 unspecified atom stereocenters. The molecule has 3 rings (SSSR count). The Bertz CT molecular complexity index is 761. The molecule has 2 saturated heterocycles. The van der Waals surface area contributed by atoms with Crippen LogP contribution < -0.4 is 4.90 Å². The van der Waals surface area contributed by atoms with E-state index in [0.29, 0.717) is 31.8 Å². The number of likely N-dealkylation sites (tertiary alicyclic amines) is 1. The van der Waals surface area contributed by atoms with E-state index in [-0.39, 0.29) is 18.6 Å². The zero-order chi connectivity index (χ0) is 19.6. The number of hydrogen-bond donors (Lipinski definition) is 0. The van der Waals surface area contributed by atoms with Gasteiger partial charge >= 0.3 is 23.8 Å². The van der Waals surface area contributed by atoms with Crippen LogP contribution in [0, 0.1) is 12.8 Å². The lowest BCUT2D eigenvalue weighted by atomic mass is 9.98. The number of imide groups is 2. The van der Waals surface area contributed by atoms with Gasteiger partial charge in [-0.1, -0.05) is 17.7 Å². The van der Waals surface area contributed by atoms with Gasteiger partial charge in [-0.25, -0.2) is 14.6 Å². The Morgan fingerprint density at radius 2 is 1.85 bits per heavy atom. The molecular formula is C19H23N3O5. The van der Waals surface area contributed by atoms with Crippen molar-refractivity contribution in [2.75, 3.05) is 31.3 Å². The van der Waals surface area contributed by atoms with Crippen molar-refractivity contribution in [3.05, 3.63) is 29.8 Å². The summed E-state index contributed by atoms with van der Waals surface area (Å²) in [4.78, 5) is 53.0. The molecule has 0 spiro atoms. The number of anilines is 1. The molecule has 144 valence electrons. The van der Waals surface area contributed by atoms with Gasteiger partial charge in [0, 0.05) is 6.54 Å². The second-order valence-electron chi connectivity index (χ2n) is 6.80. The maximum atomic E-state index is 12.7. The number of ether oxygens (including phenoxy) is 1. The van der Waals surface area contributed by atoms with Crippen LogP contribution >= 0.6 is 0 Å². The number of carbonyl (C=O) groups is 4. The smallest absolute Gasteiger partial charge is 0.340 e. The Balaban J connectivity index is 1.70. The van der Waals surface area contributed by atoms with Crippen LogP contribution in [0.5, 0.6) is 0 Å². The van der Waals surface area contributed by atoms with E-state index in [4.69, 9.17) is 4.74 Å². The monoisotopic (exact) mass is 373 g/mol. The van der Waals surface area contributed by atoms with Crippen molar-refractivity contribution in [2.24, 2.45) is 5.92 Å². The van der Waals surface area contributed by atoms with E-state index in [1.165, 1.54) is 0 Å². The summed E-state index contributed by atoms with van der Waals surface area (Å²) < 4.78 is 5.07. The summed E-state index contributed by atoms with van der Waals surface area (Å²) in [6, 6.07) is 6.17. The second-order valence-corrected chi connectivity index (χ2v) is 6.80. The molecule has 1 aromatic carbocycles. The first-order valence-electron chi connectivity index (χ1n) is 9.08. The molecule has 0 bridgehead atoms. The van der Waals surface area contributed by atoms with E-state index in [9.17, 15) is 19.2 Å². The van der Waals surface area contributed by atoms with Crippen molar-refractivity contribution in [3.8, 4) is 0 Å². The number of amides is 4. The molecule has 2 fully saturated rings. The van der Waals surface area contributed by atoms with Gasteiger partial charge in [-0.2, -0.15) is 0 Å². The normalized spacial score (nSPS) is 21.1. The SMILES string of the molecule is CCOC(=O)[C@H]1CCCN(CN2C(=O)C(=O)N(c3ccc(C)cc3)C2=O)C1. The molecule has 2 aliphatic rings. The summed E-state index contributed by atoms with van der Waals surface area (Å²) in [5, 5.41) is 0. The first kappa shape index (κ1) is 19.0. The zero-order valence-corrected chi connectivity index (χ0v) is 15.5.